The van der Waals surface area contributed by atoms with E-state index in [1.54, 1.807) is 6.92 Å². The molecule has 6 heteroatoms. The van der Waals surface area contributed by atoms with Crippen LogP contribution in [-0.2, 0) is 11.2 Å². The molecule has 1 aliphatic rings. The number of hydrogen-bond donors (Lipinski definition) is 0. The predicted octanol–water partition coefficient (Wildman–Crippen LogP) is 1.73. The van der Waals surface area contributed by atoms with Crippen molar-refractivity contribution in [3.8, 4) is 0 Å². The number of aromatic nitrogens is 3. The van der Waals surface area contributed by atoms with Gasteiger partial charge in [0.1, 0.15) is 18.3 Å². The van der Waals surface area contributed by atoms with Crippen LogP contribution in [0.15, 0.2) is 0 Å². The summed E-state index contributed by atoms with van der Waals surface area (Å²) in [4.78, 5) is 25.2. The fraction of sp³-hybridized carbons (Fsp3) is 0.636. The molecule has 94 valence electrons. The average molecular weight is 238 g/mol. The first-order chi connectivity index (χ1) is 8.20. The SMILES string of the molecule is CC.CCc1nc(C)nc(N2CCOC2=O)n1. The van der Waals surface area contributed by atoms with E-state index < -0.39 is 0 Å². The van der Waals surface area contributed by atoms with Crippen LogP contribution in [0.25, 0.3) is 0 Å². The first-order valence-corrected chi connectivity index (χ1v) is 5.86. The fourth-order valence-corrected chi connectivity index (χ4v) is 1.38. The molecule has 0 aliphatic carbocycles. The van der Waals surface area contributed by atoms with Gasteiger partial charge in [-0.3, -0.25) is 0 Å². The van der Waals surface area contributed by atoms with Gasteiger partial charge in [0.2, 0.25) is 5.95 Å². The summed E-state index contributed by atoms with van der Waals surface area (Å²) in [5.74, 6) is 1.70. The van der Waals surface area contributed by atoms with Crippen molar-refractivity contribution in [2.75, 3.05) is 18.1 Å². The minimum atomic E-state index is -0.386. The number of carbonyl (C=O) groups excluding carboxylic acids is 1. The number of carbonyl (C=O) groups is 1. The molecule has 1 saturated heterocycles. The Kier molecular flexibility index (Phi) is 4.81. The van der Waals surface area contributed by atoms with Crippen LogP contribution in [0.5, 0.6) is 0 Å². The molecule has 1 aliphatic heterocycles. The van der Waals surface area contributed by atoms with Gasteiger partial charge in [0.25, 0.3) is 0 Å². The Morgan fingerprint density at radius 3 is 2.53 bits per heavy atom. The van der Waals surface area contributed by atoms with E-state index in [4.69, 9.17) is 4.74 Å². The number of aryl methyl sites for hydroxylation is 2. The van der Waals surface area contributed by atoms with Crippen LogP contribution in [0.3, 0.4) is 0 Å². The van der Waals surface area contributed by atoms with Gasteiger partial charge in [-0.25, -0.2) is 14.7 Å². The van der Waals surface area contributed by atoms with Gasteiger partial charge in [0.05, 0.1) is 6.54 Å². The van der Waals surface area contributed by atoms with Crippen molar-refractivity contribution in [3.05, 3.63) is 11.6 Å². The smallest absolute Gasteiger partial charge is 0.416 e. The molecule has 6 nitrogen and oxygen atoms in total. The number of anilines is 1. The zero-order valence-corrected chi connectivity index (χ0v) is 10.7. The molecule has 0 saturated carbocycles. The third kappa shape index (κ3) is 3.12. The highest BCUT2D eigenvalue weighted by Crippen LogP contribution is 2.13. The maximum atomic E-state index is 11.3. The van der Waals surface area contributed by atoms with Crippen molar-refractivity contribution in [3.63, 3.8) is 0 Å². The normalized spacial score (nSPS) is 14.1. The Bertz CT molecular complexity index is 395. The van der Waals surface area contributed by atoms with E-state index in [0.29, 0.717) is 30.7 Å². The first kappa shape index (κ1) is 13.3. The van der Waals surface area contributed by atoms with Gasteiger partial charge in [-0.05, 0) is 6.92 Å². The van der Waals surface area contributed by atoms with Gasteiger partial charge < -0.3 is 4.74 Å². The van der Waals surface area contributed by atoms with Crippen molar-refractivity contribution in [2.45, 2.75) is 34.1 Å². The molecule has 1 amide bonds. The average Bonchev–Trinajstić information content (AvgIpc) is 2.77. The minimum Gasteiger partial charge on any atom is -0.447 e. The molecule has 0 spiro atoms. The summed E-state index contributed by atoms with van der Waals surface area (Å²) in [7, 11) is 0. The molecule has 1 aromatic heterocycles. The Hall–Kier alpha value is -1.72. The molecule has 0 aromatic carbocycles. The highest BCUT2D eigenvalue weighted by molar-refractivity contribution is 5.86. The van der Waals surface area contributed by atoms with Gasteiger partial charge >= 0.3 is 6.09 Å². The number of rotatable bonds is 2. The lowest BCUT2D eigenvalue weighted by atomic mass is 10.4. The Labute approximate surface area is 101 Å². The van der Waals surface area contributed by atoms with E-state index in [2.05, 4.69) is 15.0 Å². The van der Waals surface area contributed by atoms with Crippen LogP contribution >= 0.6 is 0 Å². The molecule has 0 atom stereocenters. The molecule has 2 rings (SSSR count). The molecular formula is C11H18N4O2. The second-order valence-electron chi connectivity index (χ2n) is 3.22. The summed E-state index contributed by atoms with van der Waals surface area (Å²) >= 11 is 0. The van der Waals surface area contributed by atoms with E-state index >= 15 is 0 Å². The summed E-state index contributed by atoms with van der Waals surface area (Å²) in [6.45, 7) is 8.64. The van der Waals surface area contributed by atoms with E-state index in [9.17, 15) is 4.79 Å². The molecule has 0 N–H and O–H groups in total. The van der Waals surface area contributed by atoms with Gasteiger partial charge in [-0.1, -0.05) is 20.8 Å². The highest BCUT2D eigenvalue weighted by atomic mass is 16.6. The zero-order valence-electron chi connectivity index (χ0n) is 10.7. The number of cyclic esters (lactones) is 1. The van der Waals surface area contributed by atoms with Gasteiger partial charge in [0.15, 0.2) is 0 Å². The van der Waals surface area contributed by atoms with Crippen LogP contribution in [0.2, 0.25) is 0 Å². The van der Waals surface area contributed by atoms with Crippen molar-refractivity contribution >= 4 is 12.0 Å². The quantitative estimate of drug-likeness (QED) is 0.784. The summed E-state index contributed by atoms with van der Waals surface area (Å²) in [6.07, 6.45) is 0.335. The number of nitrogens with zero attached hydrogens (tertiary/aromatic N) is 4. The minimum absolute atomic E-state index is 0.386. The second kappa shape index (κ2) is 6.12. The van der Waals surface area contributed by atoms with Crippen LogP contribution in [-0.4, -0.2) is 34.2 Å². The summed E-state index contributed by atoms with van der Waals surface area (Å²) in [5, 5.41) is 0. The summed E-state index contributed by atoms with van der Waals surface area (Å²) in [5.41, 5.74) is 0. The van der Waals surface area contributed by atoms with E-state index in [1.165, 1.54) is 4.90 Å². The topological polar surface area (TPSA) is 68.2 Å². The largest absolute Gasteiger partial charge is 0.447 e. The lowest BCUT2D eigenvalue weighted by Gasteiger charge is -2.11. The van der Waals surface area contributed by atoms with Crippen LogP contribution in [0.4, 0.5) is 10.7 Å². The van der Waals surface area contributed by atoms with E-state index in [-0.39, 0.29) is 6.09 Å². The Balaban J connectivity index is 0.000000686. The number of hydrogen-bond acceptors (Lipinski definition) is 5. The summed E-state index contributed by atoms with van der Waals surface area (Å²) in [6, 6.07) is 0. The van der Waals surface area contributed by atoms with Gasteiger partial charge in [-0.2, -0.15) is 9.97 Å². The third-order valence-electron chi connectivity index (χ3n) is 2.10. The molecule has 17 heavy (non-hydrogen) atoms. The third-order valence-corrected chi connectivity index (χ3v) is 2.10. The van der Waals surface area contributed by atoms with Crippen molar-refractivity contribution in [1.82, 2.24) is 15.0 Å². The highest BCUT2D eigenvalue weighted by Gasteiger charge is 2.26. The van der Waals surface area contributed by atoms with Crippen LogP contribution in [0.1, 0.15) is 32.4 Å². The molecule has 0 bridgehead atoms. The van der Waals surface area contributed by atoms with Crippen molar-refractivity contribution < 1.29 is 9.53 Å². The lowest BCUT2D eigenvalue weighted by Crippen LogP contribution is -2.26. The molecule has 1 fully saturated rings. The van der Waals surface area contributed by atoms with Crippen LogP contribution in [0, 0.1) is 6.92 Å². The second-order valence-corrected chi connectivity index (χ2v) is 3.22. The maximum absolute atomic E-state index is 11.3. The maximum Gasteiger partial charge on any atom is 0.416 e. The molecule has 0 unspecified atom stereocenters. The lowest BCUT2D eigenvalue weighted by molar-refractivity contribution is 0.181. The predicted molar refractivity (Wildman–Crippen MR) is 64.0 cm³/mol. The molecule has 2 heterocycles. The molecule has 1 aromatic rings. The van der Waals surface area contributed by atoms with Gasteiger partial charge in [-0.15, -0.1) is 0 Å². The number of ether oxygens (including phenoxy) is 1. The Morgan fingerprint density at radius 2 is 2.00 bits per heavy atom. The number of amides is 1. The monoisotopic (exact) mass is 238 g/mol. The van der Waals surface area contributed by atoms with Gasteiger partial charge in [0, 0.05) is 6.42 Å². The fourth-order valence-electron chi connectivity index (χ4n) is 1.38. The van der Waals surface area contributed by atoms with Crippen molar-refractivity contribution in [1.29, 1.82) is 0 Å². The first-order valence-electron chi connectivity index (χ1n) is 5.86. The van der Waals surface area contributed by atoms with E-state index in [1.807, 2.05) is 20.8 Å². The molecule has 0 radical (unpaired) electrons. The van der Waals surface area contributed by atoms with E-state index in [0.717, 1.165) is 6.42 Å². The van der Waals surface area contributed by atoms with Crippen molar-refractivity contribution in [2.24, 2.45) is 0 Å². The summed E-state index contributed by atoms with van der Waals surface area (Å²) < 4.78 is 4.82. The van der Waals surface area contributed by atoms with Crippen LogP contribution < -0.4 is 4.90 Å². The Morgan fingerprint density at radius 1 is 1.29 bits per heavy atom. The zero-order chi connectivity index (χ0) is 12.8. The molecular weight excluding hydrogens is 220 g/mol. The standard InChI is InChI=1S/C9H12N4O2.C2H6/c1-3-7-10-6(2)11-8(12-7)13-4-5-15-9(13)14;1-2/h3-5H2,1-2H3;1-2H3.